The maximum Gasteiger partial charge on any atom is 0.284 e. The van der Waals surface area contributed by atoms with Crippen molar-refractivity contribution in [1.82, 2.24) is 44.4 Å². The number of alkyl halides is 3. The zero-order valence-electron chi connectivity index (χ0n) is 36.8. The molecule has 4 fully saturated rings. The summed E-state index contributed by atoms with van der Waals surface area (Å²) in [5, 5.41) is 19.0. The quantitative estimate of drug-likeness (QED) is 0.104. The number of imide groups is 1. The Morgan fingerprint density at radius 1 is 1.11 bits per heavy atom. The number of ether oxygens (including phenoxy) is 3. The molecule has 7 heterocycles. The van der Waals surface area contributed by atoms with E-state index in [0.29, 0.717) is 80.5 Å². The number of rotatable bonds is 12. The van der Waals surface area contributed by atoms with Gasteiger partial charge in [0, 0.05) is 64.5 Å². The first kappa shape index (κ1) is 45.5. The first-order valence-corrected chi connectivity index (χ1v) is 23.7. The van der Waals surface area contributed by atoms with Crippen LogP contribution in [0, 0.1) is 17.8 Å². The van der Waals surface area contributed by atoms with Gasteiger partial charge in [0.25, 0.3) is 12.3 Å². The fourth-order valence-corrected chi connectivity index (χ4v) is 10.8. The number of benzene rings is 1. The van der Waals surface area contributed by atoms with Crippen LogP contribution in [0.2, 0.25) is 0 Å². The number of halogens is 3. The fraction of sp³-hybridized carbons (Fsp3) is 0.533. The number of fused-ring (bicyclic) bond motifs is 2. The summed E-state index contributed by atoms with van der Waals surface area (Å²) in [6.07, 6.45) is 5.98. The minimum atomic E-state index is -2.90. The Morgan fingerprint density at radius 2 is 1.95 bits per heavy atom. The molecule has 3 saturated heterocycles. The number of aromatic nitrogens is 7. The third-order valence-electron chi connectivity index (χ3n) is 13.0. The molecule has 1 aromatic carbocycles. The number of nitrogens with one attached hydrogen (secondary N) is 2. The van der Waals surface area contributed by atoms with Crippen molar-refractivity contribution in [3.05, 3.63) is 65.4 Å². The number of hydrogen-bond donors (Lipinski definition) is 2. The van der Waals surface area contributed by atoms with Gasteiger partial charge in [0.1, 0.15) is 33.3 Å². The summed E-state index contributed by atoms with van der Waals surface area (Å²) in [5.41, 5.74) is 2.00. The van der Waals surface area contributed by atoms with Crippen LogP contribution in [0.4, 0.5) is 24.7 Å². The summed E-state index contributed by atoms with van der Waals surface area (Å²) in [7, 11) is 3.47. The molecule has 4 aromatic heterocycles. The molecule has 1 aliphatic carbocycles. The molecule has 0 spiro atoms. The Hall–Kier alpha value is -5.66. The van der Waals surface area contributed by atoms with Crippen molar-refractivity contribution in [3.63, 3.8) is 0 Å². The summed E-state index contributed by atoms with van der Waals surface area (Å²) >= 11 is 0. The van der Waals surface area contributed by atoms with Crippen molar-refractivity contribution in [2.75, 3.05) is 69.5 Å². The minimum Gasteiger partial charge on any atom is -0.382 e. The second kappa shape index (κ2) is 20.1. The van der Waals surface area contributed by atoms with Gasteiger partial charge in [0.05, 0.1) is 66.0 Å². The Balaban J connectivity index is 0.765. The van der Waals surface area contributed by atoms with E-state index in [0.717, 1.165) is 43.1 Å². The van der Waals surface area contributed by atoms with Gasteiger partial charge in [0.15, 0.2) is 11.3 Å². The average Bonchev–Trinajstić information content (AvgIpc) is 4.00. The molecule has 66 heavy (non-hydrogen) atoms. The van der Waals surface area contributed by atoms with E-state index in [-0.39, 0.29) is 57.8 Å². The van der Waals surface area contributed by atoms with Crippen molar-refractivity contribution in [3.8, 4) is 11.8 Å². The molecule has 3 amide bonds. The number of amides is 3. The highest BCUT2D eigenvalue weighted by Crippen LogP contribution is 2.36. The summed E-state index contributed by atoms with van der Waals surface area (Å²) in [4.78, 5) is 47.0. The Bertz CT molecular complexity index is 2640. The molecule has 348 valence electrons. The lowest BCUT2D eigenvalue weighted by molar-refractivity contribution is -0.134. The van der Waals surface area contributed by atoms with Crippen LogP contribution in [0.15, 0.2) is 42.9 Å². The SMILES string of the molecule is COC[C@H]1CN(c2ccn3ncc(C(=O)Nc4cn(C5CCC(CN6CC[C@@H](OCC#Cc7cccc8c(C9CCC(=O)NC9=O)nn(C)c78)[C@@H](F)[Si]C6)CC5)nc4C(F)F)c3n2)CCO1. The number of nitrogens with zero attached hydrogens (tertiary/aromatic N) is 9. The van der Waals surface area contributed by atoms with E-state index in [2.05, 4.69) is 42.7 Å². The topological polar surface area (TPSA) is 175 Å². The highest BCUT2D eigenvalue weighted by Gasteiger charge is 2.34. The number of para-hydroxylation sites is 1. The standard InChI is InChI=1S/C45H52F3N11O6Si/c1-55-40-28(5-3-7-31(40)38(53-55)32-12-13-37(60)52-44(32)61)6-4-19-65-35-14-16-56(26-66-42(35)48)22-27-8-10-29(11-9-27)59-24-34(39(54-59)41(46)47)50-45(62)33-21-49-58-17-15-36(51-43(33)58)57-18-20-64-30(23-57)25-63-2/h3,5,7,15,17,21,24,27,29-30,32,35,41-42H,8-14,16,18-20,22-23,25-26H2,1-2H3,(H,50,62)(H,52,60,61)/t27?,29?,30-,32?,35-,42+/m1/s1. The lowest BCUT2D eigenvalue weighted by Gasteiger charge is -2.33. The third-order valence-corrected chi connectivity index (χ3v) is 14.3. The van der Waals surface area contributed by atoms with Gasteiger partial charge in [0.2, 0.25) is 11.8 Å². The average molecular weight is 928 g/mol. The Morgan fingerprint density at radius 3 is 2.76 bits per heavy atom. The van der Waals surface area contributed by atoms with Gasteiger partial charge in [-0.2, -0.15) is 15.3 Å². The van der Waals surface area contributed by atoms with Crippen LogP contribution in [-0.2, 0) is 30.8 Å². The zero-order chi connectivity index (χ0) is 45.9. The van der Waals surface area contributed by atoms with Crippen molar-refractivity contribution >= 4 is 55.3 Å². The van der Waals surface area contributed by atoms with Gasteiger partial charge in [-0.25, -0.2) is 22.7 Å². The number of morpholine rings is 1. The molecule has 4 atom stereocenters. The molecule has 0 bridgehead atoms. The summed E-state index contributed by atoms with van der Waals surface area (Å²) in [6.45, 7) is 3.67. The van der Waals surface area contributed by atoms with E-state index in [4.69, 9.17) is 19.2 Å². The molecular formula is C45H52F3N11O6Si. The van der Waals surface area contributed by atoms with Crippen LogP contribution >= 0.6 is 0 Å². The van der Waals surface area contributed by atoms with E-state index in [1.54, 1.807) is 35.8 Å². The van der Waals surface area contributed by atoms with Crippen LogP contribution in [-0.4, -0.2) is 144 Å². The molecule has 2 N–H and O–H groups in total. The number of hydrogen-bond acceptors (Lipinski definition) is 12. The maximum atomic E-state index is 15.4. The minimum absolute atomic E-state index is 0.0521. The number of piperidine rings is 1. The second-order valence-corrected chi connectivity index (χ2v) is 18.6. The van der Waals surface area contributed by atoms with Gasteiger partial charge in [-0.3, -0.25) is 29.1 Å². The second-order valence-electron chi connectivity index (χ2n) is 17.3. The van der Waals surface area contributed by atoms with Gasteiger partial charge in [-0.05, 0) is 62.7 Å². The van der Waals surface area contributed by atoms with Gasteiger partial charge in [-0.15, -0.1) is 0 Å². The van der Waals surface area contributed by atoms with Gasteiger partial charge < -0.3 is 29.3 Å². The van der Waals surface area contributed by atoms with Crippen LogP contribution in [0.5, 0.6) is 0 Å². The fourth-order valence-electron chi connectivity index (χ4n) is 9.57. The van der Waals surface area contributed by atoms with Gasteiger partial charge in [-0.1, -0.05) is 24.0 Å². The van der Waals surface area contributed by atoms with E-state index >= 15 is 4.39 Å². The first-order valence-electron chi connectivity index (χ1n) is 22.4. The largest absolute Gasteiger partial charge is 0.382 e. The summed E-state index contributed by atoms with van der Waals surface area (Å²) in [6, 6.07) is 7.32. The van der Waals surface area contributed by atoms with Crippen molar-refractivity contribution < 1.29 is 41.8 Å². The molecule has 17 nitrogen and oxygen atoms in total. The monoisotopic (exact) mass is 927 g/mol. The number of methoxy groups -OCH3 is 1. The molecular weight excluding hydrogens is 876 g/mol. The predicted molar refractivity (Wildman–Crippen MR) is 237 cm³/mol. The van der Waals surface area contributed by atoms with Crippen LogP contribution in [0.1, 0.15) is 90.6 Å². The molecule has 4 aliphatic rings. The zero-order valence-corrected chi connectivity index (χ0v) is 37.8. The number of carbonyl (C=O) groups excluding carboxylic acids is 3. The molecule has 1 unspecified atom stereocenters. The van der Waals surface area contributed by atoms with E-state index in [1.165, 1.54) is 16.9 Å². The predicted octanol–water partition coefficient (Wildman–Crippen LogP) is 4.21. The summed E-state index contributed by atoms with van der Waals surface area (Å²) < 4.78 is 65.9. The van der Waals surface area contributed by atoms with E-state index in [9.17, 15) is 23.2 Å². The normalized spacial score (nSPS) is 24.4. The van der Waals surface area contributed by atoms with Crippen molar-refractivity contribution in [1.29, 1.82) is 0 Å². The Kier molecular flexibility index (Phi) is 13.8. The third kappa shape index (κ3) is 9.88. The molecule has 5 aromatic rings. The smallest absolute Gasteiger partial charge is 0.284 e. The van der Waals surface area contributed by atoms with Crippen molar-refractivity contribution in [2.45, 2.75) is 81.3 Å². The molecule has 21 heteroatoms. The van der Waals surface area contributed by atoms with Gasteiger partial charge >= 0.3 is 0 Å². The lowest BCUT2D eigenvalue weighted by atomic mass is 9.86. The van der Waals surface area contributed by atoms with Crippen LogP contribution in [0.25, 0.3) is 16.6 Å². The first-order chi connectivity index (χ1) is 32.0. The summed E-state index contributed by atoms with van der Waals surface area (Å²) in [5.74, 6) is 4.35. The highest BCUT2D eigenvalue weighted by molar-refractivity contribution is 6.37. The van der Waals surface area contributed by atoms with Crippen LogP contribution < -0.4 is 15.5 Å². The molecule has 2 radical (unpaired) electrons. The number of anilines is 2. The van der Waals surface area contributed by atoms with E-state index in [1.807, 2.05) is 23.1 Å². The number of aryl methyl sites for hydroxylation is 1. The molecule has 1 saturated carbocycles. The maximum absolute atomic E-state index is 15.4. The Labute approximate surface area is 381 Å². The highest BCUT2D eigenvalue weighted by atomic mass is 28.2. The lowest BCUT2D eigenvalue weighted by Crippen LogP contribution is -2.44. The molecule has 3 aliphatic heterocycles. The van der Waals surface area contributed by atoms with Crippen LogP contribution in [0.3, 0.4) is 0 Å². The van der Waals surface area contributed by atoms with Crippen molar-refractivity contribution in [2.24, 2.45) is 13.0 Å². The van der Waals surface area contributed by atoms with E-state index < -0.39 is 35.8 Å². The number of carbonyl (C=O) groups is 3. The molecule has 9 rings (SSSR count).